The van der Waals surface area contributed by atoms with Crippen LogP contribution in [0.15, 0.2) is 0 Å². The molecule has 0 fully saturated rings. The lowest BCUT2D eigenvalue weighted by Crippen LogP contribution is -2.40. The van der Waals surface area contributed by atoms with Gasteiger partial charge in [0.2, 0.25) is 15.9 Å². The molecule has 0 aromatic carbocycles. The molecular formula is C8H15N3O3S. The van der Waals surface area contributed by atoms with Crippen LogP contribution < -0.4 is 0 Å². The molecule has 0 bridgehead atoms. The highest BCUT2D eigenvalue weighted by molar-refractivity contribution is 7.89. The van der Waals surface area contributed by atoms with Crippen LogP contribution in [0.3, 0.4) is 0 Å². The van der Waals surface area contributed by atoms with Gasteiger partial charge in [0.1, 0.15) is 0 Å². The summed E-state index contributed by atoms with van der Waals surface area (Å²) in [5.41, 5.74) is 0. The quantitative estimate of drug-likeness (QED) is 0.625. The molecule has 0 aliphatic heterocycles. The van der Waals surface area contributed by atoms with Gasteiger partial charge in [0, 0.05) is 20.6 Å². The second-order valence-corrected chi connectivity index (χ2v) is 5.10. The third-order valence-corrected chi connectivity index (χ3v) is 3.47. The molecule has 1 amide bonds. The minimum atomic E-state index is -3.63. The fourth-order valence-electron chi connectivity index (χ4n) is 0.872. The summed E-state index contributed by atoms with van der Waals surface area (Å²) in [5.74, 6) is -0.903. The van der Waals surface area contributed by atoms with E-state index in [0.29, 0.717) is 0 Å². The van der Waals surface area contributed by atoms with Crippen molar-refractivity contribution in [1.82, 2.24) is 9.21 Å². The van der Waals surface area contributed by atoms with Gasteiger partial charge in [-0.05, 0) is 0 Å². The first-order valence-corrected chi connectivity index (χ1v) is 6.01. The van der Waals surface area contributed by atoms with Crippen molar-refractivity contribution in [3.63, 3.8) is 0 Å². The largest absolute Gasteiger partial charge is 0.348 e. The zero-order valence-electron chi connectivity index (χ0n) is 9.10. The van der Waals surface area contributed by atoms with Gasteiger partial charge >= 0.3 is 0 Å². The molecule has 86 valence electrons. The zero-order chi connectivity index (χ0) is 12.1. The van der Waals surface area contributed by atoms with E-state index in [9.17, 15) is 13.2 Å². The molecular weight excluding hydrogens is 218 g/mol. The summed E-state index contributed by atoms with van der Waals surface area (Å²) in [5, 5.41) is 8.34. The molecule has 0 aliphatic carbocycles. The van der Waals surface area contributed by atoms with Crippen LogP contribution in [-0.2, 0) is 14.8 Å². The summed E-state index contributed by atoms with van der Waals surface area (Å²) < 4.78 is 23.9. The Labute approximate surface area is 90.1 Å². The number of rotatable bonds is 5. The summed E-state index contributed by atoms with van der Waals surface area (Å²) in [7, 11) is -0.529. The van der Waals surface area contributed by atoms with Crippen molar-refractivity contribution >= 4 is 15.9 Å². The number of carbonyl (C=O) groups excluding carboxylic acids is 1. The maximum atomic E-state index is 11.5. The molecule has 0 N–H and O–H groups in total. The van der Waals surface area contributed by atoms with Crippen LogP contribution in [0, 0.1) is 11.3 Å². The van der Waals surface area contributed by atoms with E-state index in [1.165, 1.54) is 4.90 Å². The highest BCUT2D eigenvalue weighted by atomic mass is 32.2. The van der Waals surface area contributed by atoms with E-state index in [1.54, 1.807) is 27.1 Å². The van der Waals surface area contributed by atoms with Gasteiger partial charge in [-0.25, -0.2) is 8.42 Å². The Hall–Kier alpha value is -1.13. The Balaban J connectivity index is 4.66. The van der Waals surface area contributed by atoms with Crippen molar-refractivity contribution in [1.29, 1.82) is 5.26 Å². The third-order valence-electron chi connectivity index (χ3n) is 1.80. The van der Waals surface area contributed by atoms with Crippen molar-refractivity contribution in [3.05, 3.63) is 0 Å². The Morgan fingerprint density at radius 3 is 2.27 bits per heavy atom. The van der Waals surface area contributed by atoms with Crippen LogP contribution >= 0.6 is 0 Å². The lowest BCUT2D eigenvalue weighted by Gasteiger charge is -2.20. The van der Waals surface area contributed by atoms with Crippen LogP contribution in [-0.4, -0.2) is 56.5 Å². The number of nitrogens with zero attached hydrogens (tertiary/aromatic N) is 3. The fourth-order valence-corrected chi connectivity index (χ4v) is 1.92. The van der Waals surface area contributed by atoms with Gasteiger partial charge in [0.15, 0.2) is 5.75 Å². The van der Waals surface area contributed by atoms with E-state index < -0.39 is 15.8 Å². The second kappa shape index (κ2) is 5.68. The molecule has 7 heteroatoms. The van der Waals surface area contributed by atoms with Crippen LogP contribution in [0.1, 0.15) is 6.92 Å². The molecule has 0 saturated carbocycles. The van der Waals surface area contributed by atoms with Crippen LogP contribution in [0.4, 0.5) is 0 Å². The predicted octanol–water partition coefficient (Wildman–Crippen LogP) is -0.750. The van der Waals surface area contributed by atoms with Crippen LogP contribution in [0.25, 0.3) is 0 Å². The first-order chi connectivity index (χ1) is 6.85. The van der Waals surface area contributed by atoms with E-state index in [4.69, 9.17) is 5.26 Å². The average Bonchev–Trinajstić information content (AvgIpc) is 2.12. The van der Waals surface area contributed by atoms with Crippen LogP contribution in [0.2, 0.25) is 0 Å². The average molecular weight is 233 g/mol. The Morgan fingerprint density at radius 2 is 1.93 bits per heavy atom. The molecule has 0 aromatic rings. The zero-order valence-corrected chi connectivity index (χ0v) is 9.91. The molecule has 6 nitrogen and oxygen atoms in total. The van der Waals surface area contributed by atoms with Crippen molar-refractivity contribution in [2.24, 2.45) is 0 Å². The minimum Gasteiger partial charge on any atom is -0.348 e. The van der Waals surface area contributed by atoms with E-state index in [2.05, 4.69) is 0 Å². The van der Waals surface area contributed by atoms with Gasteiger partial charge < -0.3 is 4.90 Å². The third kappa shape index (κ3) is 4.27. The Bertz CT molecular complexity index is 356. The first-order valence-electron chi connectivity index (χ1n) is 4.40. The number of hydrogen-bond acceptors (Lipinski definition) is 4. The molecule has 0 rings (SSSR count). The van der Waals surface area contributed by atoms with Crippen molar-refractivity contribution in [3.8, 4) is 6.07 Å². The first kappa shape index (κ1) is 13.9. The van der Waals surface area contributed by atoms with Crippen LogP contribution in [0.5, 0.6) is 0 Å². The van der Waals surface area contributed by atoms with E-state index in [0.717, 1.165) is 4.31 Å². The lowest BCUT2D eigenvalue weighted by molar-refractivity contribution is -0.128. The predicted molar refractivity (Wildman–Crippen MR) is 55.3 cm³/mol. The van der Waals surface area contributed by atoms with Crippen molar-refractivity contribution < 1.29 is 13.2 Å². The summed E-state index contributed by atoms with van der Waals surface area (Å²) >= 11 is 0. The Morgan fingerprint density at radius 1 is 1.40 bits per heavy atom. The molecule has 0 atom stereocenters. The monoisotopic (exact) mass is 233 g/mol. The SMILES string of the molecule is CCN(CC(=O)N(C)C)S(=O)(=O)CC#N. The molecule has 0 saturated heterocycles. The van der Waals surface area contributed by atoms with Crippen molar-refractivity contribution in [2.45, 2.75) is 6.92 Å². The number of likely N-dealkylation sites (N-methyl/N-ethyl adjacent to an activating group) is 2. The van der Waals surface area contributed by atoms with Gasteiger partial charge in [-0.2, -0.15) is 9.57 Å². The van der Waals surface area contributed by atoms with Gasteiger partial charge in [-0.15, -0.1) is 0 Å². The topological polar surface area (TPSA) is 81.5 Å². The number of nitriles is 1. The number of carbonyl (C=O) groups is 1. The fraction of sp³-hybridized carbons (Fsp3) is 0.750. The Kier molecular flexibility index (Phi) is 5.25. The highest BCUT2D eigenvalue weighted by Crippen LogP contribution is 2.01. The highest BCUT2D eigenvalue weighted by Gasteiger charge is 2.23. The molecule has 0 aromatic heterocycles. The van der Waals surface area contributed by atoms with Crippen molar-refractivity contribution in [2.75, 3.05) is 32.9 Å². The van der Waals surface area contributed by atoms with E-state index in [1.807, 2.05) is 0 Å². The minimum absolute atomic E-state index is 0.184. The number of amides is 1. The van der Waals surface area contributed by atoms with Gasteiger partial charge in [0.25, 0.3) is 0 Å². The smallest absolute Gasteiger partial charge is 0.237 e. The molecule has 0 radical (unpaired) electrons. The lowest BCUT2D eigenvalue weighted by atomic mass is 10.5. The summed E-state index contributed by atoms with van der Waals surface area (Å²) in [4.78, 5) is 12.6. The molecule has 0 heterocycles. The summed E-state index contributed by atoms with van der Waals surface area (Å²) in [6, 6.07) is 1.57. The standard InChI is InChI=1S/C8H15N3O3S/c1-4-11(7-8(12)10(2)3)15(13,14)6-5-9/h4,6-7H2,1-3H3. The van der Waals surface area contributed by atoms with Gasteiger partial charge in [-0.1, -0.05) is 6.92 Å². The summed E-state index contributed by atoms with van der Waals surface area (Å²) in [6.45, 7) is 1.59. The second-order valence-electron chi connectivity index (χ2n) is 3.13. The molecule has 0 aliphatic rings. The van der Waals surface area contributed by atoms with Gasteiger partial charge in [0.05, 0.1) is 12.6 Å². The van der Waals surface area contributed by atoms with Gasteiger partial charge in [-0.3, -0.25) is 4.79 Å². The normalized spacial score (nSPS) is 11.1. The van der Waals surface area contributed by atoms with E-state index >= 15 is 0 Å². The molecule has 0 unspecified atom stereocenters. The maximum Gasteiger partial charge on any atom is 0.237 e. The number of sulfonamides is 1. The summed E-state index contributed by atoms with van der Waals surface area (Å²) in [6.07, 6.45) is 0. The maximum absolute atomic E-state index is 11.5. The number of hydrogen-bond donors (Lipinski definition) is 0. The van der Waals surface area contributed by atoms with E-state index in [-0.39, 0.29) is 19.0 Å². The molecule has 0 spiro atoms. The molecule has 15 heavy (non-hydrogen) atoms.